The van der Waals surface area contributed by atoms with Crippen molar-refractivity contribution in [1.29, 1.82) is 0 Å². The Bertz CT molecular complexity index is 1120. The van der Waals surface area contributed by atoms with E-state index in [0.717, 1.165) is 39.8 Å². The molecule has 0 aliphatic carbocycles. The molecule has 3 aromatic heterocycles. The van der Waals surface area contributed by atoms with Gasteiger partial charge in [0.15, 0.2) is 0 Å². The minimum Gasteiger partial charge on any atom is -0.367 e. The van der Waals surface area contributed by atoms with Crippen LogP contribution in [0.1, 0.15) is 26.5 Å². The van der Waals surface area contributed by atoms with Crippen LogP contribution in [-0.4, -0.2) is 36.3 Å². The summed E-state index contributed by atoms with van der Waals surface area (Å²) < 4.78 is 16.2. The number of rotatable bonds is 4. The second-order valence-electron chi connectivity index (χ2n) is 7.88. The molecular weight excluding hydrogens is 345 g/mol. The summed E-state index contributed by atoms with van der Waals surface area (Å²) in [5, 5.41) is 12.4. The fourth-order valence-electron chi connectivity index (χ4n) is 3.35. The minimum atomic E-state index is -0.485. The highest BCUT2D eigenvalue weighted by atomic mass is 19.1. The first-order valence-electron chi connectivity index (χ1n) is 8.89. The number of alkyl halides is 1. The SMILES string of the molecule is CC(C)(C)Cc1nc(N)nn2ccc(-c3ccc4nnn(CCF)c4c3)c12. The molecule has 0 fully saturated rings. The standard InChI is InChI=1S/C19H22FN7/c1-19(2,3)11-15-17-13(6-8-27(17)24-18(21)22-15)12-4-5-14-16(10-12)26(9-7-20)25-23-14/h4-6,8,10H,7,9,11H2,1-3H3,(H2,21,24). The third-order valence-electron chi connectivity index (χ3n) is 4.42. The molecule has 4 rings (SSSR count). The first-order valence-corrected chi connectivity index (χ1v) is 8.89. The lowest BCUT2D eigenvalue weighted by Gasteiger charge is -2.18. The minimum absolute atomic E-state index is 0.0520. The lowest BCUT2D eigenvalue weighted by atomic mass is 9.89. The molecule has 7 nitrogen and oxygen atoms in total. The summed E-state index contributed by atoms with van der Waals surface area (Å²) >= 11 is 0. The molecule has 1 aromatic carbocycles. The quantitative estimate of drug-likeness (QED) is 0.598. The lowest BCUT2D eigenvalue weighted by molar-refractivity contribution is 0.407. The number of anilines is 1. The van der Waals surface area contributed by atoms with Crippen molar-refractivity contribution in [3.63, 3.8) is 0 Å². The summed E-state index contributed by atoms with van der Waals surface area (Å²) in [6.07, 6.45) is 2.65. The Morgan fingerprint density at radius 2 is 2.00 bits per heavy atom. The van der Waals surface area contributed by atoms with E-state index in [0.29, 0.717) is 0 Å². The second-order valence-corrected chi connectivity index (χ2v) is 7.88. The van der Waals surface area contributed by atoms with Gasteiger partial charge in [0.25, 0.3) is 0 Å². The molecule has 0 saturated carbocycles. The Hall–Kier alpha value is -3.03. The molecule has 0 bridgehead atoms. The second kappa shape index (κ2) is 6.29. The number of nitrogens with zero attached hydrogens (tertiary/aromatic N) is 6. The van der Waals surface area contributed by atoms with Crippen LogP contribution in [-0.2, 0) is 13.0 Å². The van der Waals surface area contributed by atoms with Crippen molar-refractivity contribution >= 4 is 22.5 Å². The van der Waals surface area contributed by atoms with Crippen LogP contribution in [0.2, 0.25) is 0 Å². The third-order valence-corrected chi connectivity index (χ3v) is 4.42. The molecule has 27 heavy (non-hydrogen) atoms. The number of hydrogen-bond donors (Lipinski definition) is 1. The summed E-state index contributed by atoms with van der Waals surface area (Å²) in [4.78, 5) is 4.51. The number of halogens is 1. The van der Waals surface area contributed by atoms with Crippen molar-refractivity contribution in [3.8, 4) is 11.1 Å². The molecule has 0 aliphatic rings. The van der Waals surface area contributed by atoms with Crippen LogP contribution in [0.4, 0.5) is 10.3 Å². The van der Waals surface area contributed by atoms with Crippen LogP contribution in [0.15, 0.2) is 30.5 Å². The van der Waals surface area contributed by atoms with Crippen LogP contribution < -0.4 is 5.73 Å². The van der Waals surface area contributed by atoms with Crippen LogP contribution >= 0.6 is 0 Å². The maximum atomic E-state index is 12.8. The van der Waals surface area contributed by atoms with Gasteiger partial charge in [-0.05, 0) is 35.6 Å². The normalized spacial score (nSPS) is 12.3. The van der Waals surface area contributed by atoms with E-state index in [-0.39, 0.29) is 17.9 Å². The Morgan fingerprint density at radius 3 is 2.74 bits per heavy atom. The Labute approximate surface area is 156 Å². The van der Waals surface area contributed by atoms with Gasteiger partial charge in [-0.15, -0.1) is 10.2 Å². The van der Waals surface area contributed by atoms with E-state index < -0.39 is 6.67 Å². The van der Waals surface area contributed by atoms with Gasteiger partial charge in [-0.3, -0.25) is 0 Å². The number of aryl methyl sites for hydroxylation is 1. The largest absolute Gasteiger partial charge is 0.367 e. The van der Waals surface area contributed by atoms with E-state index in [1.165, 1.54) is 0 Å². The number of nitrogens with two attached hydrogens (primary N) is 1. The van der Waals surface area contributed by atoms with Gasteiger partial charge in [0.2, 0.25) is 5.95 Å². The monoisotopic (exact) mass is 367 g/mol. The van der Waals surface area contributed by atoms with Crippen LogP contribution in [0, 0.1) is 5.41 Å². The van der Waals surface area contributed by atoms with E-state index >= 15 is 0 Å². The van der Waals surface area contributed by atoms with Crippen LogP contribution in [0.5, 0.6) is 0 Å². The van der Waals surface area contributed by atoms with Gasteiger partial charge < -0.3 is 5.73 Å². The van der Waals surface area contributed by atoms with Gasteiger partial charge in [0, 0.05) is 11.8 Å². The topological polar surface area (TPSA) is 86.9 Å². The molecule has 0 radical (unpaired) electrons. The molecule has 4 aromatic rings. The highest BCUT2D eigenvalue weighted by Gasteiger charge is 2.19. The molecule has 0 saturated heterocycles. The zero-order valence-electron chi connectivity index (χ0n) is 15.6. The molecular formula is C19H22FN7. The number of nitrogen functional groups attached to an aromatic ring is 1. The maximum Gasteiger partial charge on any atom is 0.238 e. The summed E-state index contributed by atoms with van der Waals surface area (Å²) in [6.45, 7) is 6.19. The van der Waals surface area contributed by atoms with E-state index in [4.69, 9.17) is 5.73 Å². The van der Waals surface area contributed by atoms with Crippen molar-refractivity contribution in [1.82, 2.24) is 29.6 Å². The van der Waals surface area contributed by atoms with Gasteiger partial charge in [-0.25, -0.2) is 18.6 Å². The highest BCUT2D eigenvalue weighted by molar-refractivity contribution is 5.88. The van der Waals surface area contributed by atoms with Crippen molar-refractivity contribution in [2.24, 2.45) is 5.41 Å². The molecule has 0 amide bonds. The summed E-state index contributed by atoms with van der Waals surface area (Å²) in [5.74, 6) is 0.254. The maximum absolute atomic E-state index is 12.8. The van der Waals surface area contributed by atoms with Crippen LogP contribution in [0.25, 0.3) is 27.7 Å². The molecule has 0 aliphatic heterocycles. The Kier molecular flexibility index (Phi) is 4.05. The summed E-state index contributed by atoms with van der Waals surface area (Å²) in [6, 6.07) is 7.87. The fourth-order valence-corrected chi connectivity index (χ4v) is 3.35. The molecule has 3 heterocycles. The van der Waals surface area contributed by atoms with Crippen molar-refractivity contribution < 1.29 is 4.39 Å². The number of hydrogen-bond acceptors (Lipinski definition) is 5. The molecule has 0 atom stereocenters. The van der Waals surface area contributed by atoms with Gasteiger partial charge in [-0.2, -0.15) is 0 Å². The van der Waals surface area contributed by atoms with E-state index in [1.54, 1.807) is 9.20 Å². The number of aromatic nitrogens is 6. The van der Waals surface area contributed by atoms with Crippen molar-refractivity contribution in [3.05, 3.63) is 36.2 Å². The average molecular weight is 367 g/mol. The molecule has 0 unspecified atom stereocenters. The van der Waals surface area contributed by atoms with Crippen molar-refractivity contribution in [2.45, 2.75) is 33.7 Å². The third kappa shape index (κ3) is 3.22. The smallest absolute Gasteiger partial charge is 0.238 e. The van der Waals surface area contributed by atoms with Crippen molar-refractivity contribution in [2.75, 3.05) is 12.4 Å². The average Bonchev–Trinajstić information content (AvgIpc) is 3.17. The first-order chi connectivity index (χ1) is 12.9. The Balaban J connectivity index is 1.91. The first kappa shape index (κ1) is 17.4. The van der Waals surface area contributed by atoms with Gasteiger partial charge in [-0.1, -0.05) is 32.1 Å². The highest BCUT2D eigenvalue weighted by Crippen LogP contribution is 2.32. The van der Waals surface area contributed by atoms with Gasteiger partial charge in [0.1, 0.15) is 12.2 Å². The summed E-state index contributed by atoms with van der Waals surface area (Å²) in [5.41, 5.74) is 11.3. The Morgan fingerprint density at radius 1 is 1.19 bits per heavy atom. The zero-order chi connectivity index (χ0) is 19.2. The van der Waals surface area contributed by atoms with E-state index in [1.807, 2.05) is 30.5 Å². The van der Waals surface area contributed by atoms with E-state index in [2.05, 4.69) is 41.2 Å². The lowest BCUT2D eigenvalue weighted by Crippen LogP contribution is -2.14. The molecule has 2 N–H and O–H groups in total. The fraction of sp³-hybridized carbons (Fsp3) is 0.368. The molecule has 140 valence electrons. The number of fused-ring (bicyclic) bond motifs is 2. The molecule has 8 heteroatoms. The van der Waals surface area contributed by atoms with Gasteiger partial charge in [0.05, 0.1) is 23.3 Å². The predicted octanol–water partition coefficient (Wildman–Crippen LogP) is 3.28. The van der Waals surface area contributed by atoms with E-state index in [9.17, 15) is 4.39 Å². The summed E-state index contributed by atoms with van der Waals surface area (Å²) in [7, 11) is 0. The molecule has 0 spiro atoms. The zero-order valence-corrected chi connectivity index (χ0v) is 15.6. The van der Waals surface area contributed by atoms with Gasteiger partial charge >= 0.3 is 0 Å². The van der Waals surface area contributed by atoms with Crippen LogP contribution in [0.3, 0.4) is 0 Å². The predicted molar refractivity (Wildman–Crippen MR) is 103 cm³/mol. The number of benzene rings is 1.